The lowest BCUT2D eigenvalue weighted by atomic mass is 10.1. The third-order valence-corrected chi connectivity index (χ3v) is 2.20. The second kappa shape index (κ2) is 5.27. The molecule has 17 heavy (non-hydrogen) atoms. The fourth-order valence-corrected chi connectivity index (χ4v) is 1.34. The van der Waals surface area contributed by atoms with Gasteiger partial charge in [-0.05, 0) is 24.6 Å². The summed E-state index contributed by atoms with van der Waals surface area (Å²) >= 11 is 0. The van der Waals surface area contributed by atoms with Gasteiger partial charge in [0.05, 0.1) is 13.7 Å². The van der Waals surface area contributed by atoms with Gasteiger partial charge in [-0.1, -0.05) is 6.07 Å². The van der Waals surface area contributed by atoms with Gasteiger partial charge in [-0.2, -0.15) is 13.2 Å². The van der Waals surface area contributed by atoms with E-state index in [1.54, 1.807) is 6.92 Å². The highest BCUT2D eigenvalue weighted by Gasteiger charge is 2.38. The Bertz CT molecular complexity index is 379. The van der Waals surface area contributed by atoms with Crippen molar-refractivity contribution in [2.24, 2.45) is 5.73 Å². The van der Waals surface area contributed by atoms with Crippen molar-refractivity contribution in [2.75, 3.05) is 13.7 Å². The van der Waals surface area contributed by atoms with Crippen LogP contribution in [-0.2, 0) is 0 Å². The van der Waals surface area contributed by atoms with Crippen molar-refractivity contribution in [3.63, 3.8) is 0 Å². The summed E-state index contributed by atoms with van der Waals surface area (Å²) in [5.74, 6) is 0.636. The van der Waals surface area contributed by atoms with Gasteiger partial charge in [-0.25, -0.2) is 0 Å². The van der Waals surface area contributed by atoms with E-state index in [4.69, 9.17) is 15.2 Å². The molecule has 0 fully saturated rings. The smallest absolute Gasteiger partial charge is 0.407 e. The monoisotopic (exact) mass is 249 g/mol. The van der Waals surface area contributed by atoms with Crippen LogP contribution in [-0.4, -0.2) is 19.9 Å². The summed E-state index contributed by atoms with van der Waals surface area (Å²) in [6.07, 6.45) is -4.47. The van der Waals surface area contributed by atoms with Crippen LogP contribution >= 0.6 is 0 Å². The molecular weight excluding hydrogens is 235 g/mol. The van der Waals surface area contributed by atoms with Crippen LogP contribution in [0.3, 0.4) is 0 Å². The van der Waals surface area contributed by atoms with Gasteiger partial charge in [0.1, 0.15) is 6.04 Å². The highest BCUT2D eigenvalue weighted by molar-refractivity contribution is 5.44. The molecule has 1 aromatic rings. The lowest BCUT2D eigenvalue weighted by Gasteiger charge is -2.17. The second-order valence-corrected chi connectivity index (χ2v) is 3.36. The first-order valence-corrected chi connectivity index (χ1v) is 5.03. The number of hydrogen-bond donors (Lipinski definition) is 1. The molecule has 96 valence electrons. The van der Waals surface area contributed by atoms with Gasteiger partial charge >= 0.3 is 6.18 Å². The largest absolute Gasteiger partial charge is 0.493 e. The zero-order valence-corrected chi connectivity index (χ0v) is 9.54. The standard InChI is InChI=1S/C11H14F3NO2/c1-3-17-8-5-4-7(6-9(8)16-2)10(15)11(12,13)14/h4-6,10H,3,15H2,1-2H3/t10-/m1/s1. The zero-order valence-electron chi connectivity index (χ0n) is 9.54. The van der Waals surface area contributed by atoms with Crippen molar-refractivity contribution in [3.05, 3.63) is 23.8 Å². The zero-order chi connectivity index (χ0) is 13.1. The van der Waals surface area contributed by atoms with Crippen molar-refractivity contribution in [1.82, 2.24) is 0 Å². The van der Waals surface area contributed by atoms with Crippen molar-refractivity contribution >= 4 is 0 Å². The first kappa shape index (κ1) is 13.6. The summed E-state index contributed by atoms with van der Waals surface area (Å²) in [6.45, 7) is 2.18. The topological polar surface area (TPSA) is 44.5 Å². The summed E-state index contributed by atoms with van der Waals surface area (Å²) in [4.78, 5) is 0. The Labute approximate surface area is 97.3 Å². The van der Waals surface area contributed by atoms with Gasteiger partial charge < -0.3 is 15.2 Å². The third kappa shape index (κ3) is 3.26. The lowest BCUT2D eigenvalue weighted by Crippen LogP contribution is -2.28. The predicted molar refractivity (Wildman–Crippen MR) is 57.1 cm³/mol. The van der Waals surface area contributed by atoms with E-state index in [1.165, 1.54) is 25.3 Å². The van der Waals surface area contributed by atoms with Crippen LogP contribution < -0.4 is 15.2 Å². The Morgan fingerprint density at radius 3 is 2.41 bits per heavy atom. The number of nitrogens with two attached hydrogens (primary N) is 1. The van der Waals surface area contributed by atoms with Crippen LogP contribution in [0.15, 0.2) is 18.2 Å². The highest BCUT2D eigenvalue weighted by Crippen LogP contribution is 2.35. The van der Waals surface area contributed by atoms with Crippen LogP contribution in [0.1, 0.15) is 18.5 Å². The maximum atomic E-state index is 12.4. The van der Waals surface area contributed by atoms with Crippen molar-refractivity contribution in [3.8, 4) is 11.5 Å². The number of methoxy groups -OCH3 is 1. The molecule has 0 radical (unpaired) electrons. The third-order valence-electron chi connectivity index (χ3n) is 2.20. The summed E-state index contributed by atoms with van der Waals surface area (Å²) in [6, 6.07) is 1.92. The van der Waals surface area contributed by atoms with Crippen molar-refractivity contribution in [1.29, 1.82) is 0 Å². The number of hydrogen-bond acceptors (Lipinski definition) is 3. The molecule has 0 unspecified atom stereocenters. The number of alkyl halides is 3. The molecule has 1 aromatic carbocycles. The molecule has 0 aliphatic carbocycles. The van der Waals surface area contributed by atoms with E-state index in [1.807, 2.05) is 0 Å². The summed E-state index contributed by atoms with van der Waals surface area (Å²) in [7, 11) is 1.36. The van der Waals surface area contributed by atoms with Gasteiger partial charge in [0, 0.05) is 0 Å². The summed E-state index contributed by atoms with van der Waals surface area (Å²) in [5, 5.41) is 0. The number of benzene rings is 1. The molecule has 0 saturated carbocycles. The molecule has 0 aromatic heterocycles. The SMILES string of the molecule is CCOc1ccc([C@@H](N)C(F)(F)F)cc1OC. The van der Waals surface area contributed by atoms with Gasteiger partial charge in [0.25, 0.3) is 0 Å². The summed E-state index contributed by atoms with van der Waals surface area (Å²) in [5.41, 5.74) is 5.04. The number of ether oxygens (including phenoxy) is 2. The Hall–Kier alpha value is -1.43. The predicted octanol–water partition coefficient (Wildman–Crippen LogP) is 2.66. The molecular formula is C11H14F3NO2. The average molecular weight is 249 g/mol. The Balaban J connectivity index is 3.05. The molecule has 0 bridgehead atoms. The van der Waals surface area contributed by atoms with Crippen LogP contribution in [0.5, 0.6) is 11.5 Å². The van der Waals surface area contributed by atoms with Crippen molar-refractivity contribution < 1.29 is 22.6 Å². The second-order valence-electron chi connectivity index (χ2n) is 3.36. The van der Waals surface area contributed by atoms with Crippen LogP contribution in [0.4, 0.5) is 13.2 Å². The number of rotatable bonds is 4. The fourth-order valence-electron chi connectivity index (χ4n) is 1.34. The highest BCUT2D eigenvalue weighted by atomic mass is 19.4. The molecule has 0 amide bonds. The van der Waals surface area contributed by atoms with E-state index in [-0.39, 0.29) is 11.3 Å². The van der Waals surface area contributed by atoms with E-state index in [9.17, 15) is 13.2 Å². The summed E-state index contributed by atoms with van der Waals surface area (Å²) < 4.78 is 47.4. The normalized spacial score (nSPS) is 13.3. The van der Waals surface area contributed by atoms with Gasteiger partial charge in [0.2, 0.25) is 0 Å². The minimum Gasteiger partial charge on any atom is -0.493 e. The Morgan fingerprint density at radius 1 is 1.29 bits per heavy atom. The van der Waals surface area contributed by atoms with Crippen LogP contribution in [0, 0.1) is 0 Å². The average Bonchev–Trinajstić information content (AvgIpc) is 2.28. The minimum atomic E-state index is -4.47. The van der Waals surface area contributed by atoms with Crippen molar-refractivity contribution in [2.45, 2.75) is 19.1 Å². The molecule has 2 N–H and O–H groups in total. The van der Waals surface area contributed by atoms with E-state index in [2.05, 4.69) is 0 Å². The van der Waals surface area contributed by atoms with E-state index >= 15 is 0 Å². The minimum absolute atomic E-state index is 0.0576. The molecule has 0 saturated heterocycles. The molecule has 0 aliphatic heterocycles. The maximum Gasteiger partial charge on any atom is 0.407 e. The molecule has 3 nitrogen and oxygen atoms in total. The van der Waals surface area contributed by atoms with Gasteiger partial charge in [0.15, 0.2) is 11.5 Å². The van der Waals surface area contributed by atoms with E-state index in [0.29, 0.717) is 12.4 Å². The maximum absolute atomic E-state index is 12.4. The molecule has 1 rings (SSSR count). The molecule has 1 atom stereocenters. The first-order chi connectivity index (χ1) is 7.90. The van der Waals surface area contributed by atoms with Crippen LogP contribution in [0.25, 0.3) is 0 Å². The van der Waals surface area contributed by atoms with Gasteiger partial charge in [-0.3, -0.25) is 0 Å². The number of halogens is 3. The van der Waals surface area contributed by atoms with E-state index < -0.39 is 12.2 Å². The molecule has 0 aliphatic rings. The Kier molecular flexibility index (Phi) is 4.22. The fraction of sp³-hybridized carbons (Fsp3) is 0.455. The van der Waals surface area contributed by atoms with E-state index in [0.717, 1.165) is 0 Å². The first-order valence-electron chi connectivity index (χ1n) is 5.03. The van der Waals surface area contributed by atoms with Gasteiger partial charge in [-0.15, -0.1) is 0 Å². The molecule has 0 spiro atoms. The molecule has 0 heterocycles. The molecule has 6 heteroatoms. The van der Waals surface area contributed by atoms with Crippen LogP contribution in [0.2, 0.25) is 0 Å². The Morgan fingerprint density at radius 2 is 1.94 bits per heavy atom. The lowest BCUT2D eigenvalue weighted by molar-refractivity contribution is -0.149. The quantitative estimate of drug-likeness (QED) is 0.892.